The van der Waals surface area contributed by atoms with Gasteiger partial charge in [-0.05, 0) is 24.3 Å². The first-order valence-electron chi connectivity index (χ1n) is 10.4. The van der Waals surface area contributed by atoms with Crippen molar-refractivity contribution in [2.45, 2.75) is 37.6 Å². The number of aliphatic hydroxyl groups is 1. The first-order chi connectivity index (χ1) is 16.5. The second-order valence-electron chi connectivity index (χ2n) is 7.55. The molecule has 0 unspecified atom stereocenters. The molecule has 12 nitrogen and oxygen atoms in total. The average Bonchev–Trinajstić information content (AvgIpc) is 2.81. The molecule has 1 aliphatic rings. The normalized spacial score (nSPS) is 24.3. The van der Waals surface area contributed by atoms with Crippen molar-refractivity contribution in [2.75, 3.05) is 6.61 Å². The molecular formula is C22H24NO11P. The molecule has 3 rings (SSSR count). The number of carbonyl (C=O) groups excluding carboxylic acids is 3. The van der Waals surface area contributed by atoms with E-state index >= 15 is 0 Å². The third-order valence-electron chi connectivity index (χ3n) is 4.94. The highest BCUT2D eigenvalue weighted by Gasteiger charge is 2.51. The molecule has 2 aromatic carbocycles. The van der Waals surface area contributed by atoms with Crippen molar-refractivity contribution in [2.24, 2.45) is 0 Å². The van der Waals surface area contributed by atoms with Crippen molar-refractivity contribution in [3.05, 3.63) is 71.8 Å². The molecule has 0 aromatic heterocycles. The van der Waals surface area contributed by atoms with E-state index in [1.54, 1.807) is 36.4 Å². The summed E-state index contributed by atoms with van der Waals surface area (Å²) in [6, 6.07) is 14.1. The van der Waals surface area contributed by atoms with Crippen molar-refractivity contribution in [3.8, 4) is 0 Å². The highest BCUT2D eigenvalue weighted by molar-refractivity contribution is 7.46. The number of rotatable bonds is 8. The van der Waals surface area contributed by atoms with Crippen molar-refractivity contribution >= 4 is 25.7 Å². The van der Waals surface area contributed by atoms with Crippen LogP contribution in [0.4, 0.5) is 0 Å². The van der Waals surface area contributed by atoms with Crippen LogP contribution in [0.15, 0.2) is 60.7 Å². The Morgan fingerprint density at radius 3 is 2.00 bits per heavy atom. The molecule has 0 saturated carbocycles. The van der Waals surface area contributed by atoms with E-state index in [4.69, 9.17) is 18.7 Å². The van der Waals surface area contributed by atoms with Gasteiger partial charge in [-0.25, -0.2) is 14.2 Å². The van der Waals surface area contributed by atoms with Crippen molar-refractivity contribution < 1.29 is 52.6 Å². The third kappa shape index (κ3) is 7.43. The molecule has 1 amide bonds. The van der Waals surface area contributed by atoms with Gasteiger partial charge in [0.25, 0.3) is 0 Å². The molecular weight excluding hydrogens is 485 g/mol. The Morgan fingerprint density at radius 2 is 1.49 bits per heavy atom. The van der Waals surface area contributed by atoms with Crippen LogP contribution < -0.4 is 5.32 Å². The number of carbonyl (C=O) groups is 3. The molecule has 35 heavy (non-hydrogen) atoms. The Bertz CT molecular complexity index is 1080. The number of ether oxygens (including phenoxy) is 3. The minimum absolute atomic E-state index is 0.0945. The molecule has 13 heteroatoms. The fraction of sp³-hybridized carbons (Fsp3) is 0.318. The van der Waals surface area contributed by atoms with Gasteiger partial charge in [-0.1, -0.05) is 36.4 Å². The van der Waals surface area contributed by atoms with Gasteiger partial charge in [0.05, 0.1) is 11.1 Å². The minimum atomic E-state index is -5.22. The van der Waals surface area contributed by atoms with Gasteiger partial charge in [-0.3, -0.25) is 9.32 Å². The van der Waals surface area contributed by atoms with Crippen molar-refractivity contribution in [1.82, 2.24) is 5.32 Å². The molecule has 1 heterocycles. The molecule has 188 valence electrons. The highest BCUT2D eigenvalue weighted by Crippen LogP contribution is 2.42. The van der Waals surface area contributed by atoms with Crippen LogP contribution in [-0.2, 0) is 28.1 Å². The molecule has 1 fully saturated rings. The summed E-state index contributed by atoms with van der Waals surface area (Å²) in [5, 5.41) is 12.9. The van der Waals surface area contributed by atoms with E-state index in [1.165, 1.54) is 24.3 Å². The Morgan fingerprint density at radius 1 is 0.943 bits per heavy atom. The SMILES string of the molecule is CC(=O)N[C@@H]1[C@@H](OC(=O)c2ccccc2)[C@H](OP(=O)(O)O)[C@@H](COC(=O)c2ccccc2)O[C@@H]1O. The summed E-state index contributed by atoms with van der Waals surface area (Å²) < 4.78 is 32.6. The van der Waals surface area contributed by atoms with Gasteiger partial charge in [-0.2, -0.15) is 0 Å². The smallest absolute Gasteiger partial charge is 0.459 e. The zero-order chi connectivity index (χ0) is 25.6. The predicted octanol–water partition coefficient (Wildman–Crippen LogP) is 0.769. The zero-order valence-corrected chi connectivity index (χ0v) is 19.3. The van der Waals surface area contributed by atoms with E-state index in [2.05, 4.69) is 5.32 Å². The summed E-state index contributed by atoms with van der Waals surface area (Å²) in [6.07, 6.45) is -6.66. The van der Waals surface area contributed by atoms with E-state index < -0.39 is 62.9 Å². The van der Waals surface area contributed by atoms with Gasteiger partial charge in [0.2, 0.25) is 5.91 Å². The number of phosphoric acid groups is 1. The van der Waals surface area contributed by atoms with E-state index in [1.807, 2.05) is 0 Å². The van der Waals surface area contributed by atoms with E-state index in [9.17, 15) is 33.8 Å². The van der Waals surface area contributed by atoms with Crippen LogP contribution >= 0.6 is 7.82 Å². The lowest BCUT2D eigenvalue weighted by molar-refractivity contribution is -0.250. The van der Waals surface area contributed by atoms with Crippen molar-refractivity contribution in [1.29, 1.82) is 0 Å². The Hall–Kier alpha value is -3.12. The Balaban J connectivity index is 1.89. The fourth-order valence-corrected chi connectivity index (χ4v) is 4.02. The number of hydrogen-bond donors (Lipinski definition) is 4. The lowest BCUT2D eigenvalue weighted by atomic mass is 9.96. The molecule has 1 saturated heterocycles. The summed E-state index contributed by atoms with van der Waals surface area (Å²) in [6.45, 7) is 0.497. The minimum Gasteiger partial charge on any atom is -0.459 e. The topological polar surface area (TPSA) is 178 Å². The number of amides is 1. The van der Waals surface area contributed by atoms with E-state index in [0.717, 1.165) is 6.92 Å². The van der Waals surface area contributed by atoms with Gasteiger partial charge in [0.1, 0.15) is 24.9 Å². The maximum Gasteiger partial charge on any atom is 0.470 e. The van der Waals surface area contributed by atoms with Crippen LogP contribution in [-0.4, -0.2) is 70.0 Å². The Labute approximate surface area is 200 Å². The van der Waals surface area contributed by atoms with E-state index in [-0.39, 0.29) is 11.1 Å². The predicted molar refractivity (Wildman–Crippen MR) is 118 cm³/mol. The largest absolute Gasteiger partial charge is 0.470 e. The Kier molecular flexibility index (Phi) is 8.73. The second-order valence-corrected chi connectivity index (χ2v) is 8.74. The second kappa shape index (κ2) is 11.5. The maximum atomic E-state index is 12.7. The lowest BCUT2D eigenvalue weighted by Crippen LogP contribution is -2.65. The van der Waals surface area contributed by atoms with Gasteiger partial charge in [0, 0.05) is 6.92 Å². The molecule has 5 atom stereocenters. The first-order valence-corrected chi connectivity index (χ1v) is 11.9. The average molecular weight is 509 g/mol. The monoisotopic (exact) mass is 509 g/mol. The number of nitrogens with one attached hydrogen (secondary N) is 1. The molecule has 4 N–H and O–H groups in total. The highest BCUT2D eigenvalue weighted by atomic mass is 31.2. The fourth-order valence-electron chi connectivity index (χ4n) is 3.45. The van der Waals surface area contributed by atoms with Crippen LogP contribution in [0.3, 0.4) is 0 Å². The molecule has 2 aromatic rings. The van der Waals surface area contributed by atoms with Crippen LogP contribution in [0.5, 0.6) is 0 Å². The summed E-state index contributed by atoms with van der Waals surface area (Å²) in [5.74, 6) is -2.35. The maximum absolute atomic E-state index is 12.7. The summed E-state index contributed by atoms with van der Waals surface area (Å²) in [5.41, 5.74) is 0.288. The number of aliphatic hydroxyl groups excluding tert-OH is 1. The van der Waals surface area contributed by atoms with Gasteiger partial charge < -0.3 is 34.4 Å². The quantitative estimate of drug-likeness (QED) is 0.292. The summed E-state index contributed by atoms with van der Waals surface area (Å²) in [4.78, 5) is 55.8. The third-order valence-corrected chi connectivity index (χ3v) is 5.45. The molecule has 0 radical (unpaired) electrons. The lowest BCUT2D eigenvalue weighted by Gasteiger charge is -2.43. The van der Waals surface area contributed by atoms with Crippen LogP contribution in [0, 0.1) is 0 Å². The number of hydrogen-bond acceptors (Lipinski definition) is 9. The van der Waals surface area contributed by atoms with Gasteiger partial charge in [-0.15, -0.1) is 0 Å². The molecule has 1 aliphatic heterocycles. The zero-order valence-electron chi connectivity index (χ0n) is 18.4. The number of phosphoric ester groups is 1. The summed E-state index contributed by atoms with van der Waals surface area (Å²) >= 11 is 0. The van der Waals surface area contributed by atoms with Crippen LogP contribution in [0.1, 0.15) is 27.6 Å². The number of esters is 2. The standard InChI is InChI=1S/C22H24NO11P/c1-13(24)23-17-19(33-21(26)15-10-6-3-7-11-15)18(34-35(28,29)30)16(32-22(17)27)12-31-20(25)14-8-4-2-5-9-14/h2-11,16-19,22,27H,12H2,1H3,(H,23,24)(H2,28,29,30)/t16-,17-,18-,19-,22+/m1/s1. The van der Waals surface area contributed by atoms with Crippen LogP contribution in [0.25, 0.3) is 0 Å². The van der Waals surface area contributed by atoms with Crippen molar-refractivity contribution in [3.63, 3.8) is 0 Å². The van der Waals surface area contributed by atoms with Gasteiger partial charge in [0.15, 0.2) is 12.4 Å². The molecule has 0 bridgehead atoms. The molecule has 0 spiro atoms. The number of benzene rings is 2. The summed E-state index contributed by atoms with van der Waals surface area (Å²) in [7, 11) is -5.22. The molecule has 0 aliphatic carbocycles. The van der Waals surface area contributed by atoms with Gasteiger partial charge >= 0.3 is 19.8 Å². The van der Waals surface area contributed by atoms with Crippen LogP contribution in [0.2, 0.25) is 0 Å². The first kappa shape index (κ1) is 26.5. The van der Waals surface area contributed by atoms with E-state index in [0.29, 0.717) is 0 Å².